The number of carboxylic acids is 1. The Hall–Kier alpha value is -1.30. The number of azide groups is 1. The van der Waals surface area contributed by atoms with Crippen LogP contribution in [0.15, 0.2) is 5.11 Å². The highest BCUT2D eigenvalue weighted by Crippen LogP contribution is 2.15. The molecule has 0 radical (unpaired) electrons. The van der Waals surface area contributed by atoms with Crippen LogP contribution in [0, 0.1) is 0 Å². The number of nitrogens with zero attached hydrogens (tertiary/aromatic N) is 3. The Morgan fingerprint density at radius 3 is 2.19 bits per heavy atom. The molecule has 7 nitrogen and oxygen atoms in total. The lowest BCUT2D eigenvalue weighted by Crippen LogP contribution is -2.37. The Balaban J connectivity index is 0.000000471. The van der Waals surface area contributed by atoms with E-state index < -0.39 is 23.7 Å². The van der Waals surface area contributed by atoms with Crippen molar-refractivity contribution in [1.82, 2.24) is 0 Å². The second-order valence-electron chi connectivity index (χ2n) is 6.32. The standard InChI is InChI=1S/C8H15N3O3.C6H13N/c1-5(14-8(2,3)4)6(7(12)13)10-11-9;7-6-4-2-1-3-5-6/h5-6H,1-4H3,(H,12,13);6H,1-5,7H2/t5?,6-;/m0./s1. The van der Waals surface area contributed by atoms with Gasteiger partial charge in [-0.25, -0.2) is 0 Å². The quantitative estimate of drug-likeness (QED) is 0.470. The maximum Gasteiger partial charge on any atom is 0.315 e. The molecule has 0 aliphatic heterocycles. The van der Waals surface area contributed by atoms with Crippen LogP contribution in [-0.2, 0) is 9.53 Å². The summed E-state index contributed by atoms with van der Waals surface area (Å²) < 4.78 is 5.37. The van der Waals surface area contributed by atoms with Gasteiger partial charge in [0.15, 0.2) is 6.04 Å². The van der Waals surface area contributed by atoms with E-state index in [2.05, 4.69) is 10.0 Å². The van der Waals surface area contributed by atoms with Gasteiger partial charge < -0.3 is 15.6 Å². The molecule has 0 aromatic rings. The number of nitrogens with two attached hydrogens (primary N) is 1. The first kappa shape index (κ1) is 19.7. The molecule has 0 amide bonds. The van der Waals surface area contributed by atoms with Crippen LogP contribution in [0.1, 0.15) is 59.8 Å². The molecule has 2 atom stereocenters. The van der Waals surface area contributed by atoms with Crippen LogP contribution >= 0.6 is 0 Å². The van der Waals surface area contributed by atoms with Crippen molar-refractivity contribution in [3.8, 4) is 0 Å². The smallest absolute Gasteiger partial charge is 0.315 e. The van der Waals surface area contributed by atoms with E-state index in [1.165, 1.54) is 32.1 Å². The normalized spacial score (nSPS) is 18.7. The van der Waals surface area contributed by atoms with Crippen molar-refractivity contribution in [1.29, 1.82) is 0 Å². The largest absolute Gasteiger partial charge is 0.481 e. The highest BCUT2D eigenvalue weighted by atomic mass is 16.5. The molecule has 1 fully saturated rings. The number of aliphatic carboxylic acids is 1. The minimum absolute atomic E-state index is 0.460. The van der Waals surface area contributed by atoms with Crippen molar-refractivity contribution in [3.05, 3.63) is 10.4 Å². The number of ether oxygens (including phenoxy) is 1. The molecule has 1 unspecified atom stereocenters. The molecular formula is C14H28N4O3. The third-order valence-corrected chi connectivity index (χ3v) is 3.06. The zero-order valence-corrected chi connectivity index (χ0v) is 13.5. The Labute approximate surface area is 126 Å². The Bertz CT molecular complexity index is 354. The summed E-state index contributed by atoms with van der Waals surface area (Å²) in [5.41, 5.74) is 13.3. The van der Waals surface area contributed by atoms with Crippen LogP contribution in [-0.4, -0.2) is 34.9 Å². The van der Waals surface area contributed by atoms with Gasteiger partial charge in [0.1, 0.15) is 0 Å². The molecular weight excluding hydrogens is 272 g/mol. The van der Waals surface area contributed by atoms with Crippen molar-refractivity contribution >= 4 is 5.97 Å². The first-order valence-corrected chi connectivity index (χ1v) is 7.37. The molecule has 3 N–H and O–H groups in total. The van der Waals surface area contributed by atoms with Crippen LogP contribution in [0.3, 0.4) is 0 Å². The molecule has 0 aromatic carbocycles. The predicted octanol–water partition coefficient (Wildman–Crippen LogP) is 3.23. The van der Waals surface area contributed by atoms with Gasteiger partial charge in [-0.3, -0.25) is 4.79 Å². The summed E-state index contributed by atoms with van der Waals surface area (Å²) in [4.78, 5) is 13.1. The fraction of sp³-hybridized carbons (Fsp3) is 0.929. The topological polar surface area (TPSA) is 121 Å². The minimum Gasteiger partial charge on any atom is -0.481 e. The van der Waals surface area contributed by atoms with E-state index in [-0.39, 0.29) is 0 Å². The van der Waals surface area contributed by atoms with E-state index in [0.717, 1.165) is 0 Å². The van der Waals surface area contributed by atoms with Crippen LogP contribution < -0.4 is 5.73 Å². The SMILES string of the molecule is CC(OC(C)(C)C)[C@H](N=[N+]=[N-])C(=O)O.NC1CCCCC1. The Morgan fingerprint density at radius 1 is 1.38 bits per heavy atom. The monoisotopic (exact) mass is 300 g/mol. The maximum atomic E-state index is 10.7. The van der Waals surface area contributed by atoms with Crippen LogP contribution in [0.4, 0.5) is 0 Å². The number of carboxylic acid groups (broad SMARTS) is 1. The number of hydrogen-bond acceptors (Lipinski definition) is 4. The Kier molecular flexibility index (Phi) is 9.01. The van der Waals surface area contributed by atoms with Gasteiger partial charge in [0, 0.05) is 11.0 Å². The molecule has 0 heterocycles. The first-order valence-electron chi connectivity index (χ1n) is 7.37. The first-order chi connectivity index (χ1) is 9.67. The molecule has 1 saturated carbocycles. The van der Waals surface area contributed by atoms with E-state index in [1.54, 1.807) is 27.7 Å². The van der Waals surface area contributed by atoms with E-state index in [0.29, 0.717) is 6.04 Å². The summed E-state index contributed by atoms with van der Waals surface area (Å²) in [6.07, 6.45) is 6.01. The highest BCUT2D eigenvalue weighted by Gasteiger charge is 2.27. The molecule has 21 heavy (non-hydrogen) atoms. The molecule has 1 aliphatic carbocycles. The molecule has 0 saturated heterocycles. The lowest BCUT2D eigenvalue weighted by atomic mass is 9.97. The average Bonchev–Trinajstić information content (AvgIpc) is 2.35. The van der Waals surface area contributed by atoms with Crippen molar-refractivity contribution < 1.29 is 14.6 Å². The summed E-state index contributed by atoms with van der Waals surface area (Å²) in [5.74, 6) is -1.18. The van der Waals surface area contributed by atoms with E-state index in [9.17, 15) is 4.79 Å². The number of rotatable bonds is 4. The number of hydrogen-bond donors (Lipinski definition) is 2. The molecule has 1 aliphatic rings. The van der Waals surface area contributed by atoms with E-state index >= 15 is 0 Å². The third kappa shape index (κ3) is 10.1. The fourth-order valence-electron chi connectivity index (χ4n) is 2.16. The predicted molar refractivity (Wildman–Crippen MR) is 81.9 cm³/mol. The highest BCUT2D eigenvalue weighted by molar-refractivity contribution is 5.74. The van der Waals surface area contributed by atoms with E-state index in [1.807, 2.05) is 0 Å². The van der Waals surface area contributed by atoms with Crippen molar-refractivity contribution in [2.75, 3.05) is 0 Å². The van der Waals surface area contributed by atoms with Crippen LogP contribution in [0.25, 0.3) is 10.4 Å². The van der Waals surface area contributed by atoms with Gasteiger partial charge in [0.25, 0.3) is 0 Å². The summed E-state index contributed by atoms with van der Waals surface area (Å²) >= 11 is 0. The molecule has 0 bridgehead atoms. The molecule has 0 aromatic heterocycles. The van der Waals surface area contributed by atoms with Gasteiger partial charge in [-0.2, -0.15) is 0 Å². The van der Waals surface area contributed by atoms with Crippen molar-refractivity contribution in [3.63, 3.8) is 0 Å². The molecule has 0 spiro atoms. The minimum atomic E-state index is -1.18. The molecule has 7 heteroatoms. The maximum absolute atomic E-state index is 10.7. The summed E-state index contributed by atoms with van der Waals surface area (Å²) in [6.45, 7) is 6.98. The van der Waals surface area contributed by atoms with Gasteiger partial charge in [-0.15, -0.1) is 0 Å². The average molecular weight is 300 g/mol. The second-order valence-corrected chi connectivity index (χ2v) is 6.32. The second kappa shape index (κ2) is 9.60. The van der Waals surface area contributed by atoms with Gasteiger partial charge in [0.05, 0.1) is 11.7 Å². The van der Waals surface area contributed by atoms with Gasteiger partial charge >= 0.3 is 5.97 Å². The fourth-order valence-corrected chi connectivity index (χ4v) is 2.16. The Morgan fingerprint density at radius 2 is 1.90 bits per heavy atom. The number of carbonyl (C=O) groups is 1. The van der Waals surface area contributed by atoms with Gasteiger partial charge in [0.2, 0.25) is 0 Å². The zero-order valence-electron chi connectivity index (χ0n) is 13.5. The molecule has 1 rings (SSSR count). The van der Waals surface area contributed by atoms with Crippen LogP contribution in [0.2, 0.25) is 0 Å². The van der Waals surface area contributed by atoms with Crippen molar-refractivity contribution in [2.45, 2.75) is 83.6 Å². The van der Waals surface area contributed by atoms with Crippen LogP contribution in [0.5, 0.6) is 0 Å². The van der Waals surface area contributed by atoms with E-state index in [4.69, 9.17) is 21.1 Å². The summed E-state index contributed by atoms with van der Waals surface area (Å²) in [5, 5.41) is 11.9. The summed E-state index contributed by atoms with van der Waals surface area (Å²) in [7, 11) is 0. The van der Waals surface area contributed by atoms with Gasteiger partial charge in [-0.1, -0.05) is 24.4 Å². The zero-order chi connectivity index (χ0) is 16.5. The molecule has 122 valence electrons. The summed E-state index contributed by atoms with van der Waals surface area (Å²) in [6, 6.07) is -0.645. The lowest BCUT2D eigenvalue weighted by Gasteiger charge is -2.26. The lowest BCUT2D eigenvalue weighted by molar-refractivity contribution is -0.145. The van der Waals surface area contributed by atoms with Gasteiger partial charge in [-0.05, 0) is 46.1 Å². The third-order valence-electron chi connectivity index (χ3n) is 3.06. The van der Waals surface area contributed by atoms with Crippen molar-refractivity contribution in [2.24, 2.45) is 10.8 Å².